The first-order valence-electron chi connectivity index (χ1n) is 6.00. The number of ether oxygens (including phenoxy) is 2. The third kappa shape index (κ3) is 3.66. The van der Waals surface area contributed by atoms with Gasteiger partial charge in [-0.2, -0.15) is 4.98 Å². The first-order chi connectivity index (χ1) is 9.21. The Kier molecular flexibility index (Phi) is 4.30. The molecule has 0 bridgehead atoms. The van der Waals surface area contributed by atoms with E-state index in [2.05, 4.69) is 15.3 Å². The van der Waals surface area contributed by atoms with Crippen LogP contribution in [0, 0.1) is 6.92 Å². The lowest BCUT2D eigenvalue weighted by atomic mass is 10.2. The Bertz CT molecular complexity index is 558. The van der Waals surface area contributed by atoms with Gasteiger partial charge in [0.25, 0.3) is 0 Å². The molecule has 1 aromatic carbocycles. The van der Waals surface area contributed by atoms with Gasteiger partial charge < -0.3 is 14.8 Å². The molecule has 0 saturated heterocycles. The lowest BCUT2D eigenvalue weighted by Crippen LogP contribution is -1.99. The van der Waals surface area contributed by atoms with E-state index in [9.17, 15) is 0 Å². The molecule has 0 aliphatic carbocycles. The van der Waals surface area contributed by atoms with E-state index in [0.717, 1.165) is 17.0 Å². The van der Waals surface area contributed by atoms with Crippen molar-refractivity contribution < 1.29 is 9.47 Å². The van der Waals surface area contributed by atoms with Crippen LogP contribution in [0.2, 0.25) is 0 Å². The molecule has 1 N–H and O–H groups in total. The van der Waals surface area contributed by atoms with Gasteiger partial charge in [0, 0.05) is 25.9 Å². The highest BCUT2D eigenvalue weighted by molar-refractivity contribution is 5.34. The van der Waals surface area contributed by atoms with Crippen LogP contribution < -0.4 is 10.1 Å². The number of aryl methyl sites for hydroxylation is 1. The van der Waals surface area contributed by atoms with Crippen molar-refractivity contribution in [1.29, 1.82) is 0 Å². The number of benzene rings is 1. The molecule has 5 heteroatoms. The zero-order valence-corrected chi connectivity index (χ0v) is 11.3. The molecular formula is C14H17N3O2. The normalized spacial score (nSPS) is 10.3. The quantitative estimate of drug-likeness (QED) is 0.894. The minimum Gasteiger partial charge on any atom is -0.439 e. The smallest absolute Gasteiger partial charge is 0.225 e. The molecule has 19 heavy (non-hydrogen) atoms. The van der Waals surface area contributed by atoms with Crippen molar-refractivity contribution in [3.05, 3.63) is 41.6 Å². The fourth-order valence-corrected chi connectivity index (χ4v) is 1.69. The molecule has 100 valence electrons. The van der Waals surface area contributed by atoms with E-state index < -0.39 is 0 Å². The van der Waals surface area contributed by atoms with E-state index in [4.69, 9.17) is 9.47 Å². The van der Waals surface area contributed by atoms with Crippen molar-refractivity contribution in [1.82, 2.24) is 9.97 Å². The van der Waals surface area contributed by atoms with Crippen molar-refractivity contribution in [2.24, 2.45) is 0 Å². The molecule has 0 saturated carbocycles. The summed E-state index contributed by atoms with van der Waals surface area (Å²) in [4.78, 5) is 8.47. The Morgan fingerprint density at radius 1 is 1.21 bits per heavy atom. The van der Waals surface area contributed by atoms with Crippen LogP contribution in [0.25, 0.3) is 0 Å². The predicted octanol–water partition coefficient (Wildman–Crippen LogP) is 2.77. The molecule has 0 amide bonds. The van der Waals surface area contributed by atoms with E-state index in [1.54, 1.807) is 20.2 Å². The second-order valence-electron chi connectivity index (χ2n) is 4.10. The van der Waals surface area contributed by atoms with Crippen LogP contribution in [0.5, 0.6) is 11.6 Å². The first kappa shape index (κ1) is 13.3. The SMILES string of the molecule is CNc1nc(C)cc(Oc2cccc(COC)c2)n1. The highest BCUT2D eigenvalue weighted by atomic mass is 16.5. The van der Waals surface area contributed by atoms with E-state index in [1.165, 1.54) is 0 Å². The van der Waals surface area contributed by atoms with Crippen molar-refractivity contribution in [3.8, 4) is 11.6 Å². The van der Waals surface area contributed by atoms with Gasteiger partial charge in [-0.25, -0.2) is 4.98 Å². The molecule has 0 fully saturated rings. The number of nitrogens with one attached hydrogen (secondary N) is 1. The summed E-state index contributed by atoms with van der Waals surface area (Å²) in [6.07, 6.45) is 0. The third-order valence-electron chi connectivity index (χ3n) is 2.49. The van der Waals surface area contributed by atoms with E-state index in [1.807, 2.05) is 31.2 Å². The second kappa shape index (κ2) is 6.15. The topological polar surface area (TPSA) is 56.3 Å². The van der Waals surface area contributed by atoms with Crippen LogP contribution in [0.1, 0.15) is 11.3 Å². The summed E-state index contributed by atoms with van der Waals surface area (Å²) in [6.45, 7) is 2.46. The number of aromatic nitrogens is 2. The molecule has 0 atom stereocenters. The number of anilines is 1. The monoisotopic (exact) mass is 259 g/mol. The Morgan fingerprint density at radius 3 is 2.79 bits per heavy atom. The van der Waals surface area contributed by atoms with E-state index in [-0.39, 0.29) is 0 Å². The van der Waals surface area contributed by atoms with E-state index >= 15 is 0 Å². The largest absolute Gasteiger partial charge is 0.439 e. The van der Waals surface area contributed by atoms with Crippen molar-refractivity contribution in [2.75, 3.05) is 19.5 Å². The van der Waals surface area contributed by atoms with E-state index in [0.29, 0.717) is 18.4 Å². The first-order valence-corrected chi connectivity index (χ1v) is 6.00. The zero-order valence-electron chi connectivity index (χ0n) is 11.3. The maximum Gasteiger partial charge on any atom is 0.225 e. The summed E-state index contributed by atoms with van der Waals surface area (Å²) in [5.74, 6) is 1.80. The number of hydrogen-bond acceptors (Lipinski definition) is 5. The van der Waals surface area contributed by atoms with Gasteiger partial charge in [-0.15, -0.1) is 0 Å². The molecule has 2 rings (SSSR count). The minimum absolute atomic E-state index is 0.520. The van der Waals surface area contributed by atoms with Gasteiger partial charge in [-0.3, -0.25) is 0 Å². The highest BCUT2D eigenvalue weighted by Crippen LogP contribution is 2.22. The summed E-state index contributed by atoms with van der Waals surface area (Å²) >= 11 is 0. The predicted molar refractivity (Wildman–Crippen MR) is 73.5 cm³/mol. The van der Waals surface area contributed by atoms with Gasteiger partial charge >= 0.3 is 0 Å². The molecule has 1 aromatic heterocycles. The summed E-state index contributed by atoms with van der Waals surface area (Å²) in [5.41, 5.74) is 1.90. The van der Waals surface area contributed by atoms with Crippen LogP contribution in [-0.2, 0) is 11.3 Å². The highest BCUT2D eigenvalue weighted by Gasteiger charge is 2.04. The Morgan fingerprint density at radius 2 is 2.05 bits per heavy atom. The maximum atomic E-state index is 5.74. The average Bonchev–Trinajstić information content (AvgIpc) is 2.39. The molecule has 0 aliphatic heterocycles. The lowest BCUT2D eigenvalue weighted by molar-refractivity contribution is 0.184. The number of hydrogen-bond donors (Lipinski definition) is 1. The maximum absolute atomic E-state index is 5.74. The molecule has 0 unspecified atom stereocenters. The van der Waals surface area contributed by atoms with Gasteiger partial charge in [0.05, 0.1) is 6.61 Å². The molecule has 1 heterocycles. The van der Waals surface area contributed by atoms with Crippen molar-refractivity contribution in [2.45, 2.75) is 13.5 Å². The second-order valence-corrected chi connectivity index (χ2v) is 4.10. The number of nitrogens with zero attached hydrogens (tertiary/aromatic N) is 2. The fraction of sp³-hybridized carbons (Fsp3) is 0.286. The average molecular weight is 259 g/mol. The van der Waals surface area contributed by atoms with Crippen LogP contribution in [0.3, 0.4) is 0 Å². The summed E-state index contributed by atoms with van der Waals surface area (Å²) in [5, 5.41) is 2.90. The Labute approximate surface area is 112 Å². The molecule has 0 aliphatic rings. The third-order valence-corrected chi connectivity index (χ3v) is 2.49. The summed E-state index contributed by atoms with van der Waals surface area (Å²) in [6, 6.07) is 9.52. The van der Waals surface area contributed by atoms with Gasteiger partial charge in [-0.05, 0) is 24.6 Å². The molecular weight excluding hydrogens is 242 g/mol. The molecule has 2 aromatic rings. The number of rotatable bonds is 5. The fourth-order valence-electron chi connectivity index (χ4n) is 1.69. The van der Waals surface area contributed by atoms with Crippen LogP contribution in [-0.4, -0.2) is 24.1 Å². The zero-order chi connectivity index (χ0) is 13.7. The molecule has 0 spiro atoms. The number of methoxy groups -OCH3 is 1. The van der Waals surface area contributed by atoms with Gasteiger partial charge in [0.1, 0.15) is 5.75 Å². The Balaban J connectivity index is 2.20. The van der Waals surface area contributed by atoms with Crippen LogP contribution in [0.15, 0.2) is 30.3 Å². The molecule has 5 nitrogen and oxygen atoms in total. The summed E-state index contributed by atoms with van der Waals surface area (Å²) in [7, 11) is 3.44. The summed E-state index contributed by atoms with van der Waals surface area (Å²) < 4.78 is 10.8. The van der Waals surface area contributed by atoms with Crippen LogP contribution in [0.4, 0.5) is 5.95 Å². The van der Waals surface area contributed by atoms with Crippen LogP contribution >= 0.6 is 0 Å². The Hall–Kier alpha value is -2.14. The van der Waals surface area contributed by atoms with Gasteiger partial charge in [0.2, 0.25) is 11.8 Å². The van der Waals surface area contributed by atoms with Gasteiger partial charge in [0.15, 0.2) is 0 Å². The molecule has 0 radical (unpaired) electrons. The lowest BCUT2D eigenvalue weighted by Gasteiger charge is -2.08. The van der Waals surface area contributed by atoms with Crippen molar-refractivity contribution in [3.63, 3.8) is 0 Å². The van der Waals surface area contributed by atoms with Gasteiger partial charge in [-0.1, -0.05) is 12.1 Å². The standard InChI is InChI=1S/C14H17N3O2/c1-10-7-13(17-14(15-2)16-10)19-12-6-4-5-11(8-12)9-18-3/h4-8H,9H2,1-3H3,(H,15,16,17). The van der Waals surface area contributed by atoms with Crippen molar-refractivity contribution >= 4 is 5.95 Å². The minimum atomic E-state index is 0.520.